The van der Waals surface area contributed by atoms with Gasteiger partial charge in [-0.1, -0.05) is 12.1 Å². The van der Waals surface area contributed by atoms with Gasteiger partial charge in [0.05, 0.1) is 18.4 Å². The zero-order valence-corrected chi connectivity index (χ0v) is 20.9. The van der Waals surface area contributed by atoms with Crippen molar-refractivity contribution < 1.29 is 30.9 Å². The van der Waals surface area contributed by atoms with Crippen molar-refractivity contribution in [3.8, 4) is 5.75 Å². The van der Waals surface area contributed by atoms with Crippen molar-refractivity contribution in [2.75, 3.05) is 18.1 Å². The van der Waals surface area contributed by atoms with Gasteiger partial charge in [-0.3, -0.25) is 4.18 Å². The van der Waals surface area contributed by atoms with Gasteiger partial charge in [0.2, 0.25) is 21.9 Å². The Morgan fingerprint density at radius 2 is 1.79 bits per heavy atom. The molecular weight excluding hydrogens is 456 g/mol. The molecule has 0 saturated carbocycles. The third-order valence-corrected chi connectivity index (χ3v) is 5.67. The van der Waals surface area contributed by atoms with Gasteiger partial charge in [-0.15, -0.1) is 0 Å². The Kier molecular flexibility index (Phi) is 8.14. The topological polar surface area (TPSA) is 95.9 Å². The Balaban J connectivity index is 0.000000406. The van der Waals surface area contributed by atoms with Crippen LogP contribution in [0.15, 0.2) is 58.9 Å². The average molecular weight is 487 g/mol. The third-order valence-electron chi connectivity index (χ3n) is 5.14. The summed E-state index contributed by atoms with van der Waals surface area (Å²) in [6.07, 6.45) is 5.99. The van der Waals surface area contributed by atoms with E-state index in [1.54, 1.807) is 0 Å². The van der Waals surface area contributed by atoms with E-state index in [0.717, 1.165) is 47.4 Å². The standard InChI is InChI=1S/C23H25N2O2.C2H6O4S/c1-5-24-18-14-16(3)10-12-20(18)26-22(24)8-7-9-23-25(6-2)19-15-17(4)11-13-21(19)27-23;1-2-6-7(3,4)5/h7-15H,5-6H2,1-4H3;2H2,1H3,(H,3,4,5)/q+1;/p-1. The minimum Gasteiger partial charge on any atom is -0.726 e. The fraction of sp³-hybridized carbons (Fsp3) is 0.320. The van der Waals surface area contributed by atoms with Crippen LogP contribution in [-0.4, -0.2) is 26.1 Å². The van der Waals surface area contributed by atoms with E-state index in [1.807, 2.05) is 30.4 Å². The lowest BCUT2D eigenvalue weighted by atomic mass is 10.2. The molecule has 3 aromatic rings. The van der Waals surface area contributed by atoms with Crippen molar-refractivity contribution in [1.29, 1.82) is 0 Å². The molecule has 1 aliphatic rings. The monoisotopic (exact) mass is 486 g/mol. The van der Waals surface area contributed by atoms with Gasteiger partial charge in [-0.05, 0) is 76.1 Å². The molecule has 8 nitrogen and oxygen atoms in total. The van der Waals surface area contributed by atoms with Crippen LogP contribution in [0.2, 0.25) is 0 Å². The predicted molar refractivity (Wildman–Crippen MR) is 130 cm³/mol. The Morgan fingerprint density at radius 3 is 2.41 bits per heavy atom. The zero-order chi connectivity index (χ0) is 24.9. The van der Waals surface area contributed by atoms with Gasteiger partial charge < -0.3 is 18.6 Å². The minimum atomic E-state index is -4.42. The van der Waals surface area contributed by atoms with Crippen molar-refractivity contribution in [2.45, 2.75) is 41.2 Å². The predicted octanol–water partition coefficient (Wildman–Crippen LogP) is 4.61. The number of hydrogen-bond donors (Lipinski definition) is 0. The van der Waals surface area contributed by atoms with Crippen LogP contribution in [0.4, 0.5) is 5.69 Å². The van der Waals surface area contributed by atoms with Crippen LogP contribution < -0.4 is 14.2 Å². The Morgan fingerprint density at radius 1 is 1.09 bits per heavy atom. The molecule has 2 aromatic carbocycles. The first-order chi connectivity index (χ1) is 16.2. The molecule has 0 atom stereocenters. The average Bonchev–Trinajstić information content (AvgIpc) is 3.29. The molecule has 0 radical (unpaired) electrons. The quantitative estimate of drug-likeness (QED) is 0.285. The molecule has 34 heavy (non-hydrogen) atoms. The minimum absolute atomic E-state index is 0.0914. The SMILES string of the molecule is CCN1/C(=C/C=C/c2oc3ccc(C)cc3[n+]2CC)Oc2ccc(C)cc21.CCOS(=O)(=O)[O-]. The molecule has 0 unspecified atom stereocenters. The van der Waals surface area contributed by atoms with Crippen LogP contribution in [0.3, 0.4) is 0 Å². The smallest absolute Gasteiger partial charge is 0.374 e. The second kappa shape index (κ2) is 10.9. The largest absolute Gasteiger partial charge is 0.726 e. The number of nitrogens with zero attached hydrogens (tertiary/aromatic N) is 2. The van der Waals surface area contributed by atoms with Gasteiger partial charge >= 0.3 is 5.89 Å². The summed E-state index contributed by atoms with van der Waals surface area (Å²) < 4.78 is 46.3. The molecule has 9 heteroatoms. The maximum atomic E-state index is 9.45. The summed E-state index contributed by atoms with van der Waals surface area (Å²) in [5, 5.41) is 0. The highest BCUT2D eigenvalue weighted by Crippen LogP contribution is 2.39. The van der Waals surface area contributed by atoms with E-state index >= 15 is 0 Å². The number of ether oxygens (including phenoxy) is 1. The van der Waals surface area contributed by atoms with E-state index in [2.05, 4.69) is 65.6 Å². The van der Waals surface area contributed by atoms with E-state index in [9.17, 15) is 13.0 Å². The Hall–Kier alpha value is -3.14. The van der Waals surface area contributed by atoms with Crippen LogP contribution in [0, 0.1) is 13.8 Å². The number of oxazole rings is 1. The van der Waals surface area contributed by atoms with E-state index < -0.39 is 10.4 Å². The van der Waals surface area contributed by atoms with Crippen LogP contribution in [0.5, 0.6) is 5.75 Å². The van der Waals surface area contributed by atoms with Gasteiger partial charge in [-0.25, -0.2) is 8.42 Å². The fourth-order valence-corrected chi connectivity index (χ4v) is 3.97. The molecule has 0 saturated heterocycles. The van der Waals surface area contributed by atoms with Crippen LogP contribution in [0.1, 0.15) is 37.8 Å². The molecule has 0 aliphatic carbocycles. The number of hydrogen-bond acceptors (Lipinski definition) is 7. The van der Waals surface area contributed by atoms with Crippen LogP contribution >= 0.6 is 0 Å². The first kappa shape index (κ1) is 25.5. The van der Waals surface area contributed by atoms with Crippen LogP contribution in [-0.2, 0) is 21.1 Å². The number of fused-ring (bicyclic) bond motifs is 2. The summed E-state index contributed by atoms with van der Waals surface area (Å²) in [6, 6.07) is 12.5. The summed E-state index contributed by atoms with van der Waals surface area (Å²) in [5.41, 5.74) is 5.62. The van der Waals surface area contributed by atoms with Gasteiger partial charge in [0, 0.05) is 12.6 Å². The third kappa shape index (κ3) is 6.05. The van der Waals surface area contributed by atoms with E-state index in [-0.39, 0.29) is 6.61 Å². The Labute approximate surface area is 200 Å². The fourth-order valence-electron chi connectivity index (χ4n) is 3.68. The maximum Gasteiger partial charge on any atom is 0.374 e. The van der Waals surface area contributed by atoms with Gasteiger partial charge in [0.1, 0.15) is 6.54 Å². The van der Waals surface area contributed by atoms with Gasteiger partial charge in [0.15, 0.2) is 5.75 Å². The summed E-state index contributed by atoms with van der Waals surface area (Å²) in [7, 11) is -4.42. The summed E-state index contributed by atoms with van der Waals surface area (Å²) in [4.78, 5) is 2.18. The molecule has 0 bridgehead atoms. The number of anilines is 1. The van der Waals surface area contributed by atoms with Crippen molar-refractivity contribution in [3.05, 3.63) is 71.5 Å². The van der Waals surface area contributed by atoms with E-state index in [4.69, 9.17) is 9.15 Å². The highest BCUT2D eigenvalue weighted by Gasteiger charge is 2.24. The first-order valence-electron chi connectivity index (χ1n) is 11.1. The zero-order valence-electron chi connectivity index (χ0n) is 20.1. The number of aryl methyl sites for hydroxylation is 3. The number of benzene rings is 2. The molecule has 1 aliphatic heterocycles. The molecule has 4 rings (SSSR count). The highest BCUT2D eigenvalue weighted by molar-refractivity contribution is 7.80. The number of allylic oxidation sites excluding steroid dienone is 2. The van der Waals surface area contributed by atoms with E-state index in [1.165, 1.54) is 18.1 Å². The molecular formula is C25H30N2O6S. The van der Waals surface area contributed by atoms with Crippen molar-refractivity contribution in [1.82, 2.24) is 0 Å². The van der Waals surface area contributed by atoms with Crippen molar-refractivity contribution in [2.24, 2.45) is 0 Å². The van der Waals surface area contributed by atoms with E-state index in [0.29, 0.717) is 0 Å². The van der Waals surface area contributed by atoms with Gasteiger partial charge in [0.25, 0.3) is 5.52 Å². The maximum absolute atomic E-state index is 9.45. The van der Waals surface area contributed by atoms with Crippen molar-refractivity contribution in [3.63, 3.8) is 0 Å². The number of rotatable bonds is 6. The molecule has 0 fully saturated rings. The van der Waals surface area contributed by atoms with Gasteiger partial charge in [-0.2, -0.15) is 4.57 Å². The summed E-state index contributed by atoms with van der Waals surface area (Å²) in [5.74, 6) is 2.58. The lowest BCUT2D eigenvalue weighted by molar-refractivity contribution is -0.674. The normalized spacial score (nSPS) is 14.4. The van der Waals surface area contributed by atoms with Crippen LogP contribution in [0.25, 0.3) is 17.2 Å². The summed E-state index contributed by atoms with van der Waals surface area (Å²) >= 11 is 0. The molecule has 0 spiro atoms. The van der Waals surface area contributed by atoms with Crippen molar-refractivity contribution >= 4 is 33.3 Å². The number of aromatic nitrogens is 1. The molecule has 182 valence electrons. The second-order valence-electron chi connectivity index (χ2n) is 7.65. The lowest BCUT2D eigenvalue weighted by Gasteiger charge is -2.15. The summed E-state index contributed by atoms with van der Waals surface area (Å²) in [6.45, 7) is 11.5. The molecule has 0 N–H and O–H groups in total. The highest BCUT2D eigenvalue weighted by atomic mass is 32.3. The first-order valence-corrected chi connectivity index (χ1v) is 12.5. The molecule has 1 aromatic heterocycles. The molecule has 2 heterocycles. The second-order valence-corrected chi connectivity index (χ2v) is 8.70. The lowest BCUT2D eigenvalue weighted by Crippen LogP contribution is -2.33. The molecule has 0 amide bonds. The Bertz CT molecular complexity index is 1320.